The fourth-order valence-corrected chi connectivity index (χ4v) is 3.06. The third-order valence-corrected chi connectivity index (χ3v) is 4.20. The van der Waals surface area contributed by atoms with Crippen LogP contribution in [0.3, 0.4) is 0 Å². The fourth-order valence-electron chi connectivity index (χ4n) is 3.06. The second-order valence-corrected chi connectivity index (χ2v) is 5.83. The van der Waals surface area contributed by atoms with Gasteiger partial charge >= 0.3 is 0 Å². The molecule has 1 amide bonds. The number of hydrogen-bond donors (Lipinski definition) is 2. The summed E-state index contributed by atoms with van der Waals surface area (Å²) in [5.41, 5.74) is 1.12. The Bertz CT molecular complexity index is 513. The van der Waals surface area contributed by atoms with Crippen LogP contribution in [-0.2, 0) is 4.79 Å². The van der Waals surface area contributed by atoms with Crippen molar-refractivity contribution in [2.75, 3.05) is 38.0 Å². The van der Waals surface area contributed by atoms with Crippen molar-refractivity contribution in [3.05, 3.63) is 17.6 Å². The quantitative estimate of drug-likeness (QED) is 0.842. The zero-order valence-electron chi connectivity index (χ0n) is 12.6. The minimum Gasteiger partial charge on any atom is -0.368 e. The standard InChI is InChI=1S/C15H23N5O/c1-11-18-13(12-4-5-16-10-12)9-14(19-11)17-6-8-20-7-2-3-15(20)21/h9,12,16H,2-8,10H2,1H3,(H,17,18,19)/t12-/m1/s1. The third-order valence-electron chi connectivity index (χ3n) is 4.20. The van der Waals surface area contributed by atoms with Gasteiger partial charge in [0.2, 0.25) is 5.91 Å². The molecule has 0 saturated carbocycles. The average Bonchev–Trinajstić information content (AvgIpc) is 3.10. The van der Waals surface area contributed by atoms with Crippen molar-refractivity contribution in [3.63, 3.8) is 0 Å². The van der Waals surface area contributed by atoms with Gasteiger partial charge in [-0.15, -0.1) is 0 Å². The number of nitrogens with zero attached hydrogens (tertiary/aromatic N) is 3. The number of carbonyl (C=O) groups is 1. The Kier molecular flexibility index (Phi) is 4.34. The van der Waals surface area contributed by atoms with E-state index in [2.05, 4.69) is 26.7 Å². The van der Waals surface area contributed by atoms with Gasteiger partial charge in [-0.3, -0.25) is 4.79 Å². The Labute approximate surface area is 125 Å². The summed E-state index contributed by atoms with van der Waals surface area (Å²) in [5.74, 6) is 2.44. The second-order valence-electron chi connectivity index (χ2n) is 5.83. The molecule has 0 unspecified atom stereocenters. The van der Waals surface area contributed by atoms with Crippen molar-refractivity contribution in [1.82, 2.24) is 20.2 Å². The molecule has 2 aliphatic heterocycles. The van der Waals surface area contributed by atoms with E-state index in [0.29, 0.717) is 12.3 Å². The van der Waals surface area contributed by atoms with Gasteiger partial charge in [0.05, 0.1) is 5.69 Å². The van der Waals surface area contributed by atoms with Gasteiger partial charge in [0.25, 0.3) is 0 Å². The number of hydrogen-bond acceptors (Lipinski definition) is 5. The lowest BCUT2D eigenvalue weighted by Crippen LogP contribution is -2.30. The van der Waals surface area contributed by atoms with E-state index in [1.807, 2.05) is 11.8 Å². The first-order valence-corrected chi connectivity index (χ1v) is 7.80. The molecular formula is C15H23N5O. The molecule has 2 N–H and O–H groups in total. The molecule has 0 spiro atoms. The van der Waals surface area contributed by atoms with Crippen LogP contribution in [0.15, 0.2) is 6.07 Å². The van der Waals surface area contributed by atoms with Gasteiger partial charge in [0.15, 0.2) is 0 Å². The Morgan fingerprint density at radius 3 is 3.10 bits per heavy atom. The largest absolute Gasteiger partial charge is 0.368 e. The Balaban J connectivity index is 1.58. The van der Waals surface area contributed by atoms with Gasteiger partial charge in [-0.05, 0) is 26.3 Å². The summed E-state index contributed by atoms with van der Waals surface area (Å²) in [5, 5.41) is 6.70. The topological polar surface area (TPSA) is 70.2 Å². The van der Waals surface area contributed by atoms with Gasteiger partial charge in [0.1, 0.15) is 11.6 Å². The smallest absolute Gasteiger partial charge is 0.222 e. The van der Waals surface area contributed by atoms with Gasteiger partial charge in [0, 0.05) is 44.6 Å². The minimum absolute atomic E-state index is 0.272. The number of likely N-dealkylation sites (tertiary alicyclic amines) is 1. The van der Waals surface area contributed by atoms with E-state index in [0.717, 1.165) is 62.9 Å². The van der Waals surface area contributed by atoms with Gasteiger partial charge in [-0.1, -0.05) is 0 Å². The van der Waals surface area contributed by atoms with E-state index in [9.17, 15) is 4.79 Å². The summed E-state index contributed by atoms with van der Waals surface area (Å²) in [6, 6.07) is 2.05. The molecule has 1 atom stereocenters. The molecule has 114 valence electrons. The highest BCUT2D eigenvalue weighted by Crippen LogP contribution is 2.22. The predicted octanol–water partition coefficient (Wildman–Crippen LogP) is 0.896. The molecule has 2 saturated heterocycles. The van der Waals surface area contributed by atoms with Crippen LogP contribution < -0.4 is 10.6 Å². The number of rotatable bonds is 5. The molecule has 1 aromatic rings. The first kappa shape index (κ1) is 14.3. The van der Waals surface area contributed by atoms with E-state index in [1.165, 1.54) is 0 Å². The monoisotopic (exact) mass is 289 g/mol. The van der Waals surface area contributed by atoms with Crippen molar-refractivity contribution < 1.29 is 4.79 Å². The van der Waals surface area contributed by atoms with E-state index >= 15 is 0 Å². The molecule has 2 fully saturated rings. The SMILES string of the molecule is Cc1nc(NCCN2CCCC2=O)cc([C@@H]2CCNC2)n1. The van der Waals surface area contributed by atoms with E-state index in [1.54, 1.807) is 0 Å². The number of carbonyl (C=O) groups excluding carboxylic acids is 1. The van der Waals surface area contributed by atoms with Crippen molar-refractivity contribution in [3.8, 4) is 0 Å². The molecular weight excluding hydrogens is 266 g/mol. The average molecular weight is 289 g/mol. The van der Waals surface area contributed by atoms with Crippen LogP contribution in [-0.4, -0.2) is 53.5 Å². The molecule has 0 bridgehead atoms. The Hall–Kier alpha value is -1.69. The Morgan fingerprint density at radius 2 is 2.38 bits per heavy atom. The highest BCUT2D eigenvalue weighted by molar-refractivity contribution is 5.78. The lowest BCUT2D eigenvalue weighted by Gasteiger charge is -2.16. The summed E-state index contributed by atoms with van der Waals surface area (Å²) >= 11 is 0. The van der Waals surface area contributed by atoms with Crippen molar-refractivity contribution >= 4 is 11.7 Å². The number of aromatic nitrogens is 2. The molecule has 6 heteroatoms. The van der Waals surface area contributed by atoms with Crippen LogP contribution >= 0.6 is 0 Å². The molecule has 2 aliphatic rings. The summed E-state index contributed by atoms with van der Waals surface area (Å²) < 4.78 is 0. The molecule has 6 nitrogen and oxygen atoms in total. The van der Waals surface area contributed by atoms with E-state index in [-0.39, 0.29) is 5.91 Å². The third kappa shape index (κ3) is 3.50. The number of nitrogens with one attached hydrogen (secondary N) is 2. The lowest BCUT2D eigenvalue weighted by atomic mass is 10.0. The first-order chi connectivity index (χ1) is 10.2. The van der Waals surface area contributed by atoms with Gasteiger partial charge in [-0.2, -0.15) is 0 Å². The van der Waals surface area contributed by atoms with Crippen molar-refractivity contribution in [2.45, 2.75) is 32.1 Å². The maximum absolute atomic E-state index is 11.6. The van der Waals surface area contributed by atoms with E-state index < -0.39 is 0 Å². The molecule has 3 heterocycles. The summed E-state index contributed by atoms with van der Waals surface area (Å²) in [4.78, 5) is 22.5. The first-order valence-electron chi connectivity index (χ1n) is 7.80. The summed E-state index contributed by atoms with van der Waals surface area (Å²) in [6.45, 7) is 6.38. The Morgan fingerprint density at radius 1 is 1.48 bits per heavy atom. The van der Waals surface area contributed by atoms with Crippen LogP contribution in [0.4, 0.5) is 5.82 Å². The van der Waals surface area contributed by atoms with Crippen LogP contribution in [0.5, 0.6) is 0 Å². The highest BCUT2D eigenvalue weighted by Gasteiger charge is 2.20. The number of aryl methyl sites for hydroxylation is 1. The predicted molar refractivity (Wildman–Crippen MR) is 81.3 cm³/mol. The van der Waals surface area contributed by atoms with Crippen LogP contribution in [0.2, 0.25) is 0 Å². The molecule has 3 rings (SSSR count). The highest BCUT2D eigenvalue weighted by atomic mass is 16.2. The van der Waals surface area contributed by atoms with E-state index in [4.69, 9.17) is 0 Å². The molecule has 0 aromatic carbocycles. The molecule has 0 radical (unpaired) electrons. The summed E-state index contributed by atoms with van der Waals surface area (Å²) in [7, 11) is 0. The van der Waals surface area contributed by atoms with Gasteiger partial charge in [-0.25, -0.2) is 9.97 Å². The zero-order valence-corrected chi connectivity index (χ0v) is 12.6. The van der Waals surface area contributed by atoms with Crippen molar-refractivity contribution in [1.29, 1.82) is 0 Å². The number of amides is 1. The van der Waals surface area contributed by atoms with Crippen LogP contribution in [0, 0.1) is 6.92 Å². The van der Waals surface area contributed by atoms with Gasteiger partial charge < -0.3 is 15.5 Å². The maximum atomic E-state index is 11.6. The maximum Gasteiger partial charge on any atom is 0.222 e. The van der Waals surface area contributed by atoms with Crippen molar-refractivity contribution in [2.24, 2.45) is 0 Å². The van der Waals surface area contributed by atoms with Crippen LogP contribution in [0.25, 0.3) is 0 Å². The molecule has 1 aromatic heterocycles. The second kappa shape index (κ2) is 6.39. The zero-order chi connectivity index (χ0) is 14.7. The lowest BCUT2D eigenvalue weighted by molar-refractivity contribution is -0.127. The van der Waals surface area contributed by atoms with Crippen LogP contribution in [0.1, 0.15) is 36.7 Å². The normalized spacial score (nSPS) is 22.0. The minimum atomic E-state index is 0.272. The fraction of sp³-hybridized carbons (Fsp3) is 0.667. The molecule has 0 aliphatic carbocycles. The number of anilines is 1. The summed E-state index contributed by atoms with van der Waals surface area (Å²) in [6.07, 6.45) is 2.83. The molecule has 21 heavy (non-hydrogen) atoms.